The number of benzene rings is 1. The van der Waals surface area contributed by atoms with Gasteiger partial charge in [0.2, 0.25) is 0 Å². The van der Waals surface area contributed by atoms with Crippen LogP contribution in [0.5, 0.6) is 0 Å². The molecule has 0 bridgehead atoms. The van der Waals surface area contributed by atoms with E-state index >= 15 is 0 Å². The maximum Gasteiger partial charge on any atom is 0.274 e. The van der Waals surface area contributed by atoms with Crippen molar-refractivity contribution < 1.29 is 9.53 Å². The van der Waals surface area contributed by atoms with Gasteiger partial charge in [-0.3, -0.25) is 9.48 Å². The number of ether oxygens (including phenoxy) is 1. The van der Waals surface area contributed by atoms with Crippen molar-refractivity contribution in [2.24, 2.45) is 0 Å². The van der Waals surface area contributed by atoms with Gasteiger partial charge < -0.3 is 15.0 Å². The van der Waals surface area contributed by atoms with E-state index in [0.717, 1.165) is 51.9 Å². The number of amides is 1. The van der Waals surface area contributed by atoms with E-state index in [1.807, 2.05) is 40.0 Å². The van der Waals surface area contributed by atoms with E-state index in [9.17, 15) is 4.79 Å². The molecule has 1 atom stereocenters. The Morgan fingerprint density at radius 1 is 1.15 bits per heavy atom. The highest BCUT2D eigenvalue weighted by atomic mass is 16.5. The smallest absolute Gasteiger partial charge is 0.274 e. The molecule has 27 heavy (non-hydrogen) atoms. The van der Waals surface area contributed by atoms with Crippen LogP contribution in [0.1, 0.15) is 47.8 Å². The standard InChI is InChI=1S/C21H28N4O2/c26-21(20-10-14-25(23-20)18-7-4-11-22-15-18)24-12-8-19(9-13-24)27-16-17-5-2-1-3-6-17/h1-3,5-6,10,14,18-19,22H,4,7-9,11-13,15-16H2. The molecule has 2 fully saturated rings. The van der Waals surface area contributed by atoms with Crippen molar-refractivity contribution in [2.75, 3.05) is 26.2 Å². The van der Waals surface area contributed by atoms with Gasteiger partial charge in [0.1, 0.15) is 5.69 Å². The molecule has 0 saturated carbocycles. The van der Waals surface area contributed by atoms with Crippen LogP contribution in [0.25, 0.3) is 0 Å². The van der Waals surface area contributed by atoms with Crippen LogP contribution in [-0.4, -0.2) is 52.9 Å². The van der Waals surface area contributed by atoms with Gasteiger partial charge in [0.25, 0.3) is 5.91 Å². The molecule has 2 saturated heterocycles. The van der Waals surface area contributed by atoms with Crippen molar-refractivity contribution in [2.45, 2.75) is 44.4 Å². The van der Waals surface area contributed by atoms with Gasteiger partial charge in [0.05, 0.1) is 18.8 Å². The highest BCUT2D eigenvalue weighted by molar-refractivity contribution is 5.92. The maximum absolute atomic E-state index is 12.8. The van der Waals surface area contributed by atoms with Gasteiger partial charge >= 0.3 is 0 Å². The quantitative estimate of drug-likeness (QED) is 0.881. The van der Waals surface area contributed by atoms with Crippen molar-refractivity contribution in [3.05, 3.63) is 53.9 Å². The Morgan fingerprint density at radius 3 is 2.70 bits per heavy atom. The third-order valence-corrected chi connectivity index (χ3v) is 5.53. The van der Waals surface area contributed by atoms with Crippen LogP contribution >= 0.6 is 0 Å². The molecule has 2 aliphatic rings. The van der Waals surface area contributed by atoms with Crippen molar-refractivity contribution in [1.82, 2.24) is 20.0 Å². The molecule has 0 spiro atoms. The zero-order valence-corrected chi connectivity index (χ0v) is 15.7. The normalized spacial score (nSPS) is 21.3. The molecular weight excluding hydrogens is 340 g/mol. The van der Waals surface area contributed by atoms with Gasteiger partial charge in [-0.15, -0.1) is 0 Å². The second kappa shape index (κ2) is 8.67. The predicted molar refractivity (Wildman–Crippen MR) is 104 cm³/mol. The number of hydrogen-bond acceptors (Lipinski definition) is 4. The van der Waals surface area contributed by atoms with Crippen molar-refractivity contribution in [3.8, 4) is 0 Å². The summed E-state index contributed by atoms with van der Waals surface area (Å²) in [6.45, 7) is 4.11. The fourth-order valence-corrected chi connectivity index (χ4v) is 3.89. The fourth-order valence-electron chi connectivity index (χ4n) is 3.89. The summed E-state index contributed by atoms with van der Waals surface area (Å²) in [7, 11) is 0. The lowest BCUT2D eigenvalue weighted by atomic mass is 10.1. The third-order valence-electron chi connectivity index (χ3n) is 5.53. The summed E-state index contributed by atoms with van der Waals surface area (Å²) in [5, 5.41) is 7.95. The number of aromatic nitrogens is 2. The monoisotopic (exact) mass is 368 g/mol. The zero-order valence-electron chi connectivity index (χ0n) is 15.7. The number of nitrogens with one attached hydrogen (secondary N) is 1. The lowest BCUT2D eigenvalue weighted by Crippen LogP contribution is -2.41. The number of hydrogen-bond donors (Lipinski definition) is 1. The molecule has 2 aliphatic heterocycles. The predicted octanol–water partition coefficient (Wildman–Crippen LogP) is 2.63. The SMILES string of the molecule is O=C(c1ccn(C2CCCNC2)n1)N1CCC(OCc2ccccc2)CC1. The van der Waals surface area contributed by atoms with Gasteiger partial charge in [0, 0.05) is 25.8 Å². The average Bonchev–Trinajstić information content (AvgIpc) is 3.24. The maximum atomic E-state index is 12.8. The number of rotatable bonds is 5. The van der Waals surface area contributed by atoms with Crippen molar-refractivity contribution >= 4 is 5.91 Å². The Morgan fingerprint density at radius 2 is 1.96 bits per heavy atom. The Balaban J connectivity index is 1.26. The number of likely N-dealkylation sites (tertiary alicyclic amines) is 1. The topological polar surface area (TPSA) is 59.4 Å². The third kappa shape index (κ3) is 4.57. The molecule has 1 aromatic carbocycles. The highest BCUT2D eigenvalue weighted by Gasteiger charge is 2.26. The minimum Gasteiger partial charge on any atom is -0.373 e. The van der Waals surface area contributed by atoms with E-state index in [1.54, 1.807) is 0 Å². The summed E-state index contributed by atoms with van der Waals surface area (Å²) in [4.78, 5) is 14.7. The van der Waals surface area contributed by atoms with Crippen LogP contribution in [0.15, 0.2) is 42.6 Å². The highest BCUT2D eigenvalue weighted by Crippen LogP contribution is 2.19. The summed E-state index contributed by atoms with van der Waals surface area (Å²) >= 11 is 0. The zero-order chi connectivity index (χ0) is 18.5. The molecule has 2 aromatic rings. The molecule has 1 aromatic heterocycles. The van der Waals surface area contributed by atoms with E-state index in [4.69, 9.17) is 4.74 Å². The van der Waals surface area contributed by atoms with Crippen molar-refractivity contribution in [3.63, 3.8) is 0 Å². The first-order chi connectivity index (χ1) is 13.3. The van der Waals surface area contributed by atoms with Crippen LogP contribution in [0.4, 0.5) is 0 Å². The summed E-state index contributed by atoms with van der Waals surface area (Å²) < 4.78 is 7.98. The van der Waals surface area contributed by atoms with E-state index in [0.29, 0.717) is 18.3 Å². The molecule has 6 nitrogen and oxygen atoms in total. The van der Waals surface area contributed by atoms with E-state index < -0.39 is 0 Å². The minimum atomic E-state index is 0.0408. The van der Waals surface area contributed by atoms with Crippen LogP contribution < -0.4 is 5.32 Å². The molecule has 144 valence electrons. The number of piperidine rings is 2. The lowest BCUT2D eigenvalue weighted by Gasteiger charge is -2.31. The Kier molecular flexibility index (Phi) is 5.84. The minimum absolute atomic E-state index is 0.0408. The second-order valence-electron chi connectivity index (χ2n) is 7.47. The average molecular weight is 368 g/mol. The lowest BCUT2D eigenvalue weighted by molar-refractivity contribution is -0.000533. The van der Waals surface area contributed by atoms with Gasteiger partial charge in [-0.1, -0.05) is 30.3 Å². The van der Waals surface area contributed by atoms with Gasteiger partial charge in [-0.05, 0) is 43.9 Å². The Labute approximate surface area is 160 Å². The molecule has 0 aliphatic carbocycles. The molecule has 3 heterocycles. The first kappa shape index (κ1) is 18.2. The first-order valence-corrected chi connectivity index (χ1v) is 10.0. The second-order valence-corrected chi connectivity index (χ2v) is 7.47. The van der Waals surface area contributed by atoms with Gasteiger partial charge in [-0.2, -0.15) is 5.10 Å². The number of carbonyl (C=O) groups excluding carboxylic acids is 1. The fraction of sp³-hybridized carbons (Fsp3) is 0.524. The molecule has 1 unspecified atom stereocenters. The number of nitrogens with zero attached hydrogens (tertiary/aromatic N) is 3. The number of carbonyl (C=O) groups is 1. The Hall–Kier alpha value is -2.18. The molecule has 0 radical (unpaired) electrons. The van der Waals surface area contributed by atoms with Crippen LogP contribution in [0, 0.1) is 0 Å². The molecular formula is C21H28N4O2. The van der Waals surface area contributed by atoms with E-state index in [1.165, 1.54) is 5.56 Å². The van der Waals surface area contributed by atoms with E-state index in [-0.39, 0.29) is 12.0 Å². The molecule has 4 rings (SSSR count). The summed E-state index contributed by atoms with van der Waals surface area (Å²) in [6.07, 6.45) is 6.20. The van der Waals surface area contributed by atoms with Gasteiger partial charge in [0.15, 0.2) is 0 Å². The van der Waals surface area contributed by atoms with Crippen LogP contribution in [0.3, 0.4) is 0 Å². The summed E-state index contributed by atoms with van der Waals surface area (Å²) in [5.41, 5.74) is 1.75. The molecule has 1 amide bonds. The largest absolute Gasteiger partial charge is 0.373 e. The molecule has 1 N–H and O–H groups in total. The molecule has 6 heteroatoms. The Bertz CT molecular complexity index is 732. The van der Waals surface area contributed by atoms with Gasteiger partial charge in [-0.25, -0.2) is 0 Å². The van der Waals surface area contributed by atoms with Crippen molar-refractivity contribution in [1.29, 1.82) is 0 Å². The first-order valence-electron chi connectivity index (χ1n) is 10.0. The van der Waals surface area contributed by atoms with Crippen LogP contribution in [0.2, 0.25) is 0 Å². The van der Waals surface area contributed by atoms with Crippen LogP contribution in [-0.2, 0) is 11.3 Å². The van der Waals surface area contributed by atoms with E-state index in [2.05, 4.69) is 22.5 Å². The summed E-state index contributed by atoms with van der Waals surface area (Å²) in [6, 6.07) is 12.4. The summed E-state index contributed by atoms with van der Waals surface area (Å²) in [5.74, 6) is 0.0408.